The fourth-order valence-corrected chi connectivity index (χ4v) is 4.52. The van der Waals surface area contributed by atoms with Gasteiger partial charge in [0.1, 0.15) is 0 Å². The summed E-state index contributed by atoms with van der Waals surface area (Å²) >= 11 is 0. The molecule has 0 aliphatic rings. The molecule has 0 fully saturated rings. The van der Waals surface area contributed by atoms with Crippen LogP contribution in [0.4, 0.5) is 5.69 Å². The molecule has 0 saturated carbocycles. The molecule has 146 valence electrons. The quantitative estimate of drug-likeness (QED) is 0.558. The van der Waals surface area contributed by atoms with Crippen molar-refractivity contribution >= 4 is 21.5 Å². The van der Waals surface area contributed by atoms with Crippen LogP contribution in [0.2, 0.25) is 0 Å². The van der Waals surface area contributed by atoms with E-state index in [1.54, 1.807) is 49.4 Å². The predicted octanol–water partition coefficient (Wildman–Crippen LogP) is 3.79. The van der Waals surface area contributed by atoms with Crippen molar-refractivity contribution in [3.63, 3.8) is 0 Å². The fraction of sp³-hybridized carbons (Fsp3) is 0.136. The standard InChI is InChI=1S/C22H19N3O3S/c1-2-25(18-10-4-3-5-11-18)29(27,28)19-12-8-9-17(15-19)22(26)20(16-23)21-13-6-7-14-24-21/h3-15,20H,2H2,1H3/t20-/m0/s1. The number of nitriles is 1. The zero-order valence-electron chi connectivity index (χ0n) is 15.8. The number of nitrogens with zero attached hydrogens (tertiary/aromatic N) is 3. The van der Waals surface area contributed by atoms with Crippen molar-refractivity contribution < 1.29 is 13.2 Å². The Morgan fingerprint density at radius 2 is 1.79 bits per heavy atom. The van der Waals surface area contributed by atoms with E-state index in [0.717, 1.165) is 0 Å². The smallest absolute Gasteiger partial charge is 0.264 e. The van der Waals surface area contributed by atoms with E-state index in [0.29, 0.717) is 11.4 Å². The van der Waals surface area contributed by atoms with Gasteiger partial charge in [0, 0.05) is 18.3 Å². The SMILES string of the molecule is CCN(c1ccccc1)S(=O)(=O)c1cccc(C(=O)[C@@H](C#N)c2ccccn2)c1. The van der Waals surface area contributed by atoms with Crippen LogP contribution in [-0.2, 0) is 10.0 Å². The van der Waals surface area contributed by atoms with Gasteiger partial charge in [-0.25, -0.2) is 8.42 Å². The van der Waals surface area contributed by atoms with Gasteiger partial charge in [0.05, 0.1) is 22.3 Å². The molecule has 3 aromatic rings. The Hall–Kier alpha value is -3.50. The van der Waals surface area contributed by atoms with Crippen LogP contribution in [0.5, 0.6) is 0 Å². The van der Waals surface area contributed by atoms with Crippen LogP contribution in [-0.4, -0.2) is 25.7 Å². The lowest BCUT2D eigenvalue weighted by Gasteiger charge is -2.23. The summed E-state index contributed by atoms with van der Waals surface area (Å²) in [6, 6.07) is 21.5. The number of hydrogen-bond donors (Lipinski definition) is 0. The number of carbonyl (C=O) groups is 1. The van der Waals surface area contributed by atoms with Crippen molar-refractivity contribution in [3.05, 3.63) is 90.3 Å². The molecular formula is C22H19N3O3S. The van der Waals surface area contributed by atoms with E-state index >= 15 is 0 Å². The normalized spacial score (nSPS) is 12.0. The van der Waals surface area contributed by atoms with Crippen LogP contribution in [0.1, 0.15) is 28.9 Å². The molecule has 6 nitrogen and oxygen atoms in total. The van der Waals surface area contributed by atoms with E-state index in [4.69, 9.17) is 0 Å². The summed E-state index contributed by atoms with van der Waals surface area (Å²) in [6.07, 6.45) is 1.51. The number of anilines is 1. The molecule has 0 aliphatic heterocycles. The third kappa shape index (κ3) is 4.18. The number of rotatable bonds is 7. The number of benzene rings is 2. The molecule has 0 unspecified atom stereocenters. The Morgan fingerprint density at radius 3 is 2.41 bits per heavy atom. The number of pyridine rings is 1. The Labute approximate surface area is 170 Å². The highest BCUT2D eigenvalue weighted by Gasteiger charge is 2.27. The summed E-state index contributed by atoms with van der Waals surface area (Å²) < 4.78 is 27.6. The predicted molar refractivity (Wildman–Crippen MR) is 110 cm³/mol. The topological polar surface area (TPSA) is 91.1 Å². The molecule has 3 rings (SSSR count). The molecule has 2 aromatic carbocycles. The molecule has 0 spiro atoms. The van der Waals surface area contributed by atoms with Gasteiger partial charge in [-0.3, -0.25) is 14.1 Å². The Morgan fingerprint density at radius 1 is 1.07 bits per heavy atom. The summed E-state index contributed by atoms with van der Waals surface area (Å²) in [5.74, 6) is -1.60. The van der Waals surface area contributed by atoms with E-state index in [2.05, 4.69) is 4.98 Å². The lowest BCUT2D eigenvalue weighted by Crippen LogP contribution is -2.30. The summed E-state index contributed by atoms with van der Waals surface area (Å²) in [5.41, 5.74) is 1.01. The summed E-state index contributed by atoms with van der Waals surface area (Å²) in [6.45, 7) is 1.98. The molecule has 0 radical (unpaired) electrons. The molecular weight excluding hydrogens is 386 g/mol. The molecule has 7 heteroatoms. The van der Waals surface area contributed by atoms with E-state index in [-0.39, 0.29) is 17.0 Å². The van der Waals surface area contributed by atoms with Crippen LogP contribution in [0.3, 0.4) is 0 Å². The summed E-state index contributed by atoms with van der Waals surface area (Å²) in [5, 5.41) is 9.48. The second-order valence-electron chi connectivity index (χ2n) is 6.21. The number of sulfonamides is 1. The van der Waals surface area contributed by atoms with Crippen LogP contribution in [0.25, 0.3) is 0 Å². The van der Waals surface area contributed by atoms with E-state index < -0.39 is 21.7 Å². The number of para-hydroxylation sites is 1. The van der Waals surface area contributed by atoms with Gasteiger partial charge in [0.2, 0.25) is 0 Å². The van der Waals surface area contributed by atoms with Crippen molar-refractivity contribution in [2.75, 3.05) is 10.8 Å². The first-order valence-corrected chi connectivity index (χ1v) is 10.5. The molecule has 0 saturated heterocycles. The van der Waals surface area contributed by atoms with Crippen LogP contribution >= 0.6 is 0 Å². The summed E-state index contributed by atoms with van der Waals surface area (Å²) in [4.78, 5) is 17.0. The summed E-state index contributed by atoms with van der Waals surface area (Å²) in [7, 11) is -3.87. The molecule has 0 bridgehead atoms. The lowest BCUT2D eigenvalue weighted by atomic mass is 9.95. The highest BCUT2D eigenvalue weighted by Crippen LogP contribution is 2.25. The third-order valence-corrected chi connectivity index (χ3v) is 6.31. The average molecular weight is 405 g/mol. The Kier molecular flexibility index (Phi) is 6.05. The second-order valence-corrected chi connectivity index (χ2v) is 8.08. The minimum absolute atomic E-state index is 0.00763. The first-order chi connectivity index (χ1) is 14.0. The second kappa shape index (κ2) is 8.67. The molecule has 1 atom stereocenters. The van der Waals surface area contributed by atoms with Crippen molar-refractivity contribution in [2.45, 2.75) is 17.7 Å². The average Bonchev–Trinajstić information content (AvgIpc) is 2.76. The van der Waals surface area contributed by atoms with E-state index in [1.165, 1.54) is 34.8 Å². The van der Waals surface area contributed by atoms with Gasteiger partial charge in [-0.1, -0.05) is 36.4 Å². The van der Waals surface area contributed by atoms with E-state index in [1.807, 2.05) is 12.1 Å². The third-order valence-electron chi connectivity index (χ3n) is 4.41. The largest absolute Gasteiger partial charge is 0.292 e. The monoisotopic (exact) mass is 405 g/mol. The first-order valence-electron chi connectivity index (χ1n) is 9.01. The van der Waals surface area contributed by atoms with Gasteiger partial charge < -0.3 is 0 Å². The molecule has 1 aromatic heterocycles. The number of ketones is 1. The lowest BCUT2D eigenvalue weighted by molar-refractivity contribution is 0.0977. The number of Topliss-reactive ketones (excluding diaryl/α,β-unsaturated/α-hetero) is 1. The highest BCUT2D eigenvalue weighted by molar-refractivity contribution is 7.92. The molecule has 0 amide bonds. The maximum atomic E-state index is 13.2. The fourth-order valence-electron chi connectivity index (χ4n) is 3.00. The molecule has 29 heavy (non-hydrogen) atoms. The van der Waals surface area contributed by atoms with Crippen molar-refractivity contribution in [1.82, 2.24) is 4.98 Å². The number of hydrogen-bond acceptors (Lipinski definition) is 5. The first kappa shape index (κ1) is 20.2. The Balaban J connectivity index is 1.98. The zero-order valence-corrected chi connectivity index (χ0v) is 16.6. The van der Waals surface area contributed by atoms with Crippen molar-refractivity contribution in [2.24, 2.45) is 0 Å². The van der Waals surface area contributed by atoms with Crippen LogP contribution < -0.4 is 4.31 Å². The molecule has 0 aliphatic carbocycles. The van der Waals surface area contributed by atoms with Crippen LogP contribution in [0, 0.1) is 11.3 Å². The number of carbonyl (C=O) groups excluding carboxylic acids is 1. The van der Waals surface area contributed by atoms with Crippen molar-refractivity contribution in [1.29, 1.82) is 5.26 Å². The molecule has 1 heterocycles. The maximum Gasteiger partial charge on any atom is 0.264 e. The Bertz CT molecular complexity index is 1140. The zero-order chi connectivity index (χ0) is 20.9. The van der Waals surface area contributed by atoms with Gasteiger partial charge in [-0.15, -0.1) is 0 Å². The van der Waals surface area contributed by atoms with Crippen molar-refractivity contribution in [3.8, 4) is 6.07 Å². The number of aromatic nitrogens is 1. The maximum absolute atomic E-state index is 13.2. The molecule has 0 N–H and O–H groups in total. The minimum Gasteiger partial charge on any atom is -0.292 e. The minimum atomic E-state index is -3.87. The van der Waals surface area contributed by atoms with Gasteiger partial charge in [-0.05, 0) is 43.3 Å². The van der Waals surface area contributed by atoms with Gasteiger partial charge >= 0.3 is 0 Å². The van der Waals surface area contributed by atoms with Gasteiger partial charge in [0.25, 0.3) is 10.0 Å². The highest BCUT2D eigenvalue weighted by atomic mass is 32.2. The van der Waals surface area contributed by atoms with Gasteiger partial charge in [0.15, 0.2) is 11.7 Å². The van der Waals surface area contributed by atoms with Gasteiger partial charge in [-0.2, -0.15) is 5.26 Å². The van der Waals surface area contributed by atoms with E-state index in [9.17, 15) is 18.5 Å². The van der Waals surface area contributed by atoms with Crippen LogP contribution in [0.15, 0.2) is 83.9 Å².